The number of rotatable bonds is 6. The van der Waals surface area contributed by atoms with Crippen molar-refractivity contribution in [3.63, 3.8) is 0 Å². The number of likely N-dealkylation sites (N-methyl/N-ethyl adjacent to an activating group) is 1. The van der Waals surface area contributed by atoms with Gasteiger partial charge in [0.15, 0.2) is 11.5 Å². The van der Waals surface area contributed by atoms with Crippen molar-refractivity contribution in [1.29, 1.82) is 0 Å². The van der Waals surface area contributed by atoms with Crippen LogP contribution in [-0.4, -0.2) is 61.9 Å². The number of benzene rings is 1. The van der Waals surface area contributed by atoms with Crippen LogP contribution in [0.2, 0.25) is 0 Å². The predicted octanol–water partition coefficient (Wildman–Crippen LogP) is 1.59. The monoisotopic (exact) mass is 400 g/mol. The molecule has 1 fully saturated rings. The van der Waals surface area contributed by atoms with E-state index in [1.807, 2.05) is 7.05 Å². The van der Waals surface area contributed by atoms with Gasteiger partial charge in [0.25, 0.3) is 5.91 Å². The average molecular weight is 401 g/mol. The minimum atomic E-state index is -2.90. The number of nitrogens with one attached hydrogen (secondary N) is 2. The molecule has 1 atom stereocenters. The molecule has 4 rings (SSSR count). The van der Waals surface area contributed by atoms with Crippen LogP contribution in [0.1, 0.15) is 37.0 Å². The molecule has 3 heterocycles. The molecule has 10 nitrogen and oxygen atoms in total. The fourth-order valence-corrected chi connectivity index (χ4v) is 3.44. The highest BCUT2D eigenvalue weighted by Gasteiger charge is 2.20. The second-order valence-corrected chi connectivity index (χ2v) is 7.01. The Morgan fingerprint density at radius 3 is 3.14 bits per heavy atom. The van der Waals surface area contributed by atoms with Gasteiger partial charge < -0.3 is 21.3 Å². The number of hydrogen-bond acceptors (Lipinski definition) is 8. The topological polar surface area (TPSA) is 127 Å². The molecular weight excluding hydrogens is 370 g/mol. The van der Waals surface area contributed by atoms with E-state index in [1.165, 1.54) is 12.3 Å². The van der Waals surface area contributed by atoms with E-state index in [2.05, 4.69) is 35.8 Å². The van der Waals surface area contributed by atoms with Crippen molar-refractivity contribution in [2.24, 2.45) is 5.73 Å². The molecule has 0 radical (unpaired) electrons. The third-order valence-electron chi connectivity index (χ3n) is 4.81. The van der Waals surface area contributed by atoms with Gasteiger partial charge in [0.1, 0.15) is 0 Å². The highest BCUT2D eigenvalue weighted by Crippen LogP contribution is 2.23. The van der Waals surface area contributed by atoms with E-state index in [4.69, 9.17) is 12.6 Å². The van der Waals surface area contributed by atoms with E-state index in [1.54, 1.807) is 12.1 Å². The van der Waals surface area contributed by atoms with Crippen molar-refractivity contribution in [1.82, 2.24) is 29.9 Å². The summed E-state index contributed by atoms with van der Waals surface area (Å²) in [5.74, 6) is -0.433. The van der Waals surface area contributed by atoms with Crippen LogP contribution in [0, 0.1) is 0 Å². The van der Waals surface area contributed by atoms with Crippen LogP contribution in [0.15, 0.2) is 24.4 Å². The molecule has 1 saturated heterocycles. The molecule has 1 unspecified atom stereocenters. The van der Waals surface area contributed by atoms with E-state index in [9.17, 15) is 4.79 Å². The standard InChI is InChI=1S/C19H25N9O/c1-3-28-15-7-6-13(9-12(15)10-21-28)22-18-16(17(20)29)25-26-19(24-18)23-14-5-4-8-27(2)11-14/h6-7,9-10,14H,3-5,8,11H2,1-2H3,(H2,20,29)(H2,22,23,24,26)/i1D3,3D2. The number of amides is 1. The number of nitrogens with zero attached hydrogens (tertiary/aromatic N) is 6. The van der Waals surface area contributed by atoms with E-state index in [0.29, 0.717) is 16.6 Å². The fourth-order valence-electron chi connectivity index (χ4n) is 3.44. The molecule has 29 heavy (non-hydrogen) atoms. The maximum atomic E-state index is 11.9. The van der Waals surface area contributed by atoms with Crippen molar-refractivity contribution in [3.8, 4) is 0 Å². The molecule has 1 aliphatic heterocycles. The fraction of sp³-hybridized carbons (Fsp3) is 0.421. The van der Waals surface area contributed by atoms with Gasteiger partial charge in [-0.15, -0.1) is 10.2 Å². The first kappa shape index (κ1) is 13.8. The summed E-state index contributed by atoms with van der Waals surface area (Å²) in [5, 5.41) is 18.6. The number of carbonyl (C=O) groups is 1. The lowest BCUT2D eigenvalue weighted by Gasteiger charge is -2.30. The maximum Gasteiger partial charge on any atom is 0.273 e. The Hall–Kier alpha value is -3.27. The summed E-state index contributed by atoms with van der Waals surface area (Å²) >= 11 is 0. The second-order valence-electron chi connectivity index (χ2n) is 7.01. The third-order valence-corrected chi connectivity index (χ3v) is 4.81. The Kier molecular flexibility index (Phi) is 3.81. The van der Waals surface area contributed by atoms with Crippen LogP contribution in [-0.2, 0) is 6.50 Å². The Bertz CT molecular complexity index is 1210. The van der Waals surface area contributed by atoms with E-state index >= 15 is 0 Å². The lowest BCUT2D eigenvalue weighted by Crippen LogP contribution is -2.40. The van der Waals surface area contributed by atoms with Crippen LogP contribution < -0.4 is 16.4 Å². The first-order valence-electron chi connectivity index (χ1n) is 11.7. The van der Waals surface area contributed by atoms with Crippen LogP contribution in [0.3, 0.4) is 0 Å². The summed E-state index contributed by atoms with van der Waals surface area (Å²) in [5.41, 5.74) is 6.10. The molecule has 0 spiro atoms. The number of likely N-dealkylation sites (tertiary alicyclic amines) is 1. The van der Waals surface area contributed by atoms with Gasteiger partial charge in [-0.05, 0) is 51.5 Å². The molecule has 0 bridgehead atoms. The maximum absolute atomic E-state index is 11.9. The zero-order chi connectivity index (χ0) is 24.7. The number of nitrogens with two attached hydrogens (primary N) is 1. The highest BCUT2D eigenvalue weighted by atomic mass is 16.1. The number of aryl methyl sites for hydroxylation is 1. The SMILES string of the molecule is [2H]C([2H])([2H])C([2H])([2H])n1ncc2cc(Nc3nc(NC4CCCN(C)C4)nnc3C(N)=O)ccc21. The van der Waals surface area contributed by atoms with Gasteiger partial charge in [0.2, 0.25) is 5.95 Å². The van der Waals surface area contributed by atoms with Gasteiger partial charge in [0, 0.05) is 34.3 Å². The minimum Gasteiger partial charge on any atom is -0.364 e. The average Bonchev–Trinajstić information content (AvgIpc) is 3.17. The lowest BCUT2D eigenvalue weighted by atomic mass is 10.1. The van der Waals surface area contributed by atoms with Crippen molar-refractivity contribution < 1.29 is 11.6 Å². The van der Waals surface area contributed by atoms with E-state index in [-0.39, 0.29) is 23.5 Å². The third kappa shape index (κ3) is 4.11. The second kappa shape index (κ2) is 8.00. The van der Waals surface area contributed by atoms with Gasteiger partial charge in [0.05, 0.1) is 14.5 Å². The molecule has 4 N–H and O–H groups in total. The molecule has 10 heteroatoms. The first-order chi connectivity index (χ1) is 16.0. The van der Waals surface area contributed by atoms with Crippen molar-refractivity contribution >= 4 is 34.3 Å². The zero-order valence-corrected chi connectivity index (χ0v) is 15.9. The van der Waals surface area contributed by atoms with Gasteiger partial charge in [-0.25, -0.2) is 0 Å². The molecule has 3 aromatic rings. The highest BCUT2D eigenvalue weighted by molar-refractivity contribution is 5.96. The molecule has 1 aliphatic rings. The van der Waals surface area contributed by atoms with Crippen molar-refractivity contribution in [2.45, 2.75) is 32.2 Å². The van der Waals surface area contributed by atoms with E-state index in [0.717, 1.165) is 30.6 Å². The Morgan fingerprint density at radius 1 is 1.45 bits per heavy atom. The van der Waals surface area contributed by atoms with Crippen LogP contribution >= 0.6 is 0 Å². The summed E-state index contributed by atoms with van der Waals surface area (Å²) in [7, 11) is 2.04. The molecule has 152 valence electrons. The summed E-state index contributed by atoms with van der Waals surface area (Å²) in [4.78, 5) is 18.5. The molecular formula is C19H25N9O. The number of hydrogen-bond donors (Lipinski definition) is 3. The largest absolute Gasteiger partial charge is 0.364 e. The molecule has 2 aromatic heterocycles. The number of piperidine rings is 1. The van der Waals surface area contributed by atoms with Crippen LogP contribution in [0.5, 0.6) is 0 Å². The number of anilines is 3. The Labute approximate surface area is 175 Å². The summed E-state index contributed by atoms with van der Waals surface area (Å²) in [6.45, 7) is -3.73. The number of carbonyl (C=O) groups excluding carboxylic acids is 1. The quantitative estimate of drug-likeness (QED) is 0.569. The van der Waals surface area contributed by atoms with Crippen LogP contribution in [0.25, 0.3) is 10.9 Å². The van der Waals surface area contributed by atoms with Gasteiger partial charge in [-0.1, -0.05) is 0 Å². The molecule has 1 amide bonds. The number of primary amides is 1. The summed E-state index contributed by atoms with van der Waals surface area (Å²) in [6, 6.07) is 4.89. The predicted molar refractivity (Wildman–Crippen MR) is 111 cm³/mol. The minimum absolute atomic E-state index is 0.110. The lowest BCUT2D eigenvalue weighted by molar-refractivity contribution is 0.0995. The zero-order valence-electron chi connectivity index (χ0n) is 20.9. The Morgan fingerprint density at radius 2 is 2.34 bits per heavy atom. The van der Waals surface area contributed by atoms with Gasteiger partial charge >= 0.3 is 0 Å². The molecule has 1 aromatic carbocycles. The van der Waals surface area contributed by atoms with Crippen LogP contribution in [0.4, 0.5) is 17.5 Å². The summed E-state index contributed by atoms with van der Waals surface area (Å²) in [6.07, 6.45) is 3.36. The number of aromatic nitrogens is 5. The number of fused-ring (bicyclic) bond motifs is 1. The van der Waals surface area contributed by atoms with Gasteiger partial charge in [-0.2, -0.15) is 10.1 Å². The van der Waals surface area contributed by atoms with Crippen molar-refractivity contribution in [3.05, 3.63) is 30.1 Å². The van der Waals surface area contributed by atoms with E-state index < -0.39 is 19.3 Å². The normalized spacial score (nSPS) is 20.9. The molecule has 0 saturated carbocycles. The summed E-state index contributed by atoms with van der Waals surface area (Å²) < 4.78 is 39.2. The Balaban J connectivity index is 1.62. The van der Waals surface area contributed by atoms with Crippen molar-refractivity contribution in [2.75, 3.05) is 30.8 Å². The smallest absolute Gasteiger partial charge is 0.273 e. The molecule has 0 aliphatic carbocycles. The van der Waals surface area contributed by atoms with Gasteiger partial charge in [-0.3, -0.25) is 9.48 Å². The first-order valence-corrected chi connectivity index (χ1v) is 9.20.